The number of carbonyl (C=O) groups is 1. The average Bonchev–Trinajstić information content (AvgIpc) is 2.97. The molecule has 150 valence electrons. The van der Waals surface area contributed by atoms with Gasteiger partial charge in [0.1, 0.15) is 5.15 Å². The van der Waals surface area contributed by atoms with Gasteiger partial charge in [0.15, 0.2) is 6.61 Å². The molecule has 0 N–H and O–H groups in total. The largest absolute Gasteiger partial charge is 0.471 e. The lowest BCUT2D eigenvalue weighted by Crippen LogP contribution is -2.41. The Labute approximate surface area is 161 Å². The number of rotatable bonds is 5. The van der Waals surface area contributed by atoms with Gasteiger partial charge in [-0.3, -0.25) is 4.79 Å². The Morgan fingerprint density at radius 2 is 1.93 bits per heavy atom. The predicted octanol–water partition coefficient (Wildman–Crippen LogP) is 4.42. The van der Waals surface area contributed by atoms with Crippen LogP contribution in [0.4, 0.5) is 22.0 Å². The SMILES string of the molecule is CC(c1ccc(OCC(F)(F)C(F)(F)F)nc1)N1Cc2c(ccnc2Cl)C1=O. The van der Waals surface area contributed by atoms with Crippen LogP contribution in [0.15, 0.2) is 30.6 Å². The van der Waals surface area contributed by atoms with Crippen LogP contribution in [0, 0.1) is 0 Å². The summed E-state index contributed by atoms with van der Waals surface area (Å²) in [6.45, 7) is 0.0857. The highest BCUT2D eigenvalue weighted by molar-refractivity contribution is 6.30. The number of aromatic nitrogens is 2. The first kappa shape index (κ1) is 20.2. The van der Waals surface area contributed by atoms with Crippen molar-refractivity contribution in [2.45, 2.75) is 31.6 Å². The lowest BCUT2D eigenvalue weighted by Gasteiger charge is -2.24. The van der Waals surface area contributed by atoms with Gasteiger partial charge in [0.25, 0.3) is 5.91 Å². The van der Waals surface area contributed by atoms with Gasteiger partial charge in [-0.15, -0.1) is 0 Å². The second-order valence-electron chi connectivity index (χ2n) is 6.16. The summed E-state index contributed by atoms with van der Waals surface area (Å²) in [7, 11) is 0. The monoisotopic (exact) mass is 421 g/mol. The molecule has 1 aliphatic heterocycles. The molecule has 3 heterocycles. The van der Waals surface area contributed by atoms with E-state index in [0.717, 1.165) is 0 Å². The molecule has 0 bridgehead atoms. The molecule has 1 atom stereocenters. The molecule has 1 aliphatic rings. The fourth-order valence-electron chi connectivity index (χ4n) is 2.68. The number of alkyl halides is 5. The van der Waals surface area contributed by atoms with E-state index in [1.807, 2.05) is 0 Å². The Bertz CT molecular complexity index is 889. The molecule has 1 amide bonds. The Kier molecular flexibility index (Phi) is 5.18. The number of nitrogens with zero attached hydrogens (tertiary/aromatic N) is 3. The van der Waals surface area contributed by atoms with E-state index in [0.29, 0.717) is 16.7 Å². The molecule has 0 saturated heterocycles. The van der Waals surface area contributed by atoms with Crippen LogP contribution in [-0.2, 0) is 6.54 Å². The van der Waals surface area contributed by atoms with Crippen molar-refractivity contribution in [1.29, 1.82) is 0 Å². The Hall–Kier alpha value is -2.49. The van der Waals surface area contributed by atoms with Gasteiger partial charge in [0.05, 0.1) is 12.6 Å². The van der Waals surface area contributed by atoms with Crippen molar-refractivity contribution in [1.82, 2.24) is 14.9 Å². The molecular weight excluding hydrogens is 409 g/mol. The first-order valence-electron chi connectivity index (χ1n) is 7.99. The van der Waals surface area contributed by atoms with Crippen molar-refractivity contribution < 1.29 is 31.5 Å². The summed E-state index contributed by atoms with van der Waals surface area (Å²) in [5, 5.41) is 0.230. The van der Waals surface area contributed by atoms with E-state index in [1.165, 1.54) is 29.4 Å². The third-order valence-corrected chi connectivity index (χ3v) is 4.67. The maximum absolute atomic E-state index is 12.9. The van der Waals surface area contributed by atoms with Crippen molar-refractivity contribution in [3.05, 3.63) is 52.4 Å². The van der Waals surface area contributed by atoms with Gasteiger partial charge in [-0.2, -0.15) is 22.0 Å². The zero-order chi connectivity index (χ0) is 20.7. The molecule has 2 aromatic rings. The van der Waals surface area contributed by atoms with Gasteiger partial charge >= 0.3 is 12.1 Å². The third kappa shape index (κ3) is 3.73. The molecule has 3 rings (SSSR count). The van der Waals surface area contributed by atoms with E-state index in [2.05, 4.69) is 14.7 Å². The van der Waals surface area contributed by atoms with Gasteiger partial charge < -0.3 is 9.64 Å². The highest BCUT2D eigenvalue weighted by atomic mass is 35.5. The van der Waals surface area contributed by atoms with E-state index in [-0.39, 0.29) is 23.5 Å². The van der Waals surface area contributed by atoms with Crippen LogP contribution in [0.2, 0.25) is 5.15 Å². The highest BCUT2D eigenvalue weighted by Crippen LogP contribution is 2.36. The molecule has 11 heteroatoms. The minimum absolute atomic E-state index is 0.230. The highest BCUT2D eigenvalue weighted by Gasteiger charge is 2.58. The van der Waals surface area contributed by atoms with Gasteiger partial charge in [0.2, 0.25) is 5.88 Å². The molecule has 1 unspecified atom stereocenters. The molecule has 0 fully saturated rings. The zero-order valence-electron chi connectivity index (χ0n) is 14.3. The fourth-order valence-corrected chi connectivity index (χ4v) is 2.90. The quantitative estimate of drug-likeness (QED) is 0.529. The Morgan fingerprint density at radius 3 is 2.50 bits per heavy atom. The van der Waals surface area contributed by atoms with Crippen LogP contribution < -0.4 is 4.74 Å². The van der Waals surface area contributed by atoms with Crippen molar-refractivity contribution in [2.75, 3.05) is 6.61 Å². The summed E-state index contributed by atoms with van der Waals surface area (Å²) in [5.41, 5.74) is 1.58. The van der Waals surface area contributed by atoms with Gasteiger partial charge in [-0.25, -0.2) is 9.97 Å². The summed E-state index contributed by atoms with van der Waals surface area (Å²) < 4.78 is 66.7. The second kappa shape index (κ2) is 7.16. The number of carbonyl (C=O) groups excluding carboxylic acids is 1. The Morgan fingerprint density at radius 1 is 1.21 bits per heavy atom. The number of pyridine rings is 2. The minimum Gasteiger partial charge on any atom is -0.471 e. The minimum atomic E-state index is -5.71. The Balaban J connectivity index is 1.69. The van der Waals surface area contributed by atoms with Crippen LogP contribution in [-0.4, -0.2) is 39.5 Å². The predicted molar refractivity (Wildman–Crippen MR) is 88.3 cm³/mol. The van der Waals surface area contributed by atoms with Crippen molar-refractivity contribution in [3.63, 3.8) is 0 Å². The molecular formula is C17H13ClF5N3O2. The lowest BCUT2D eigenvalue weighted by molar-refractivity contribution is -0.290. The topological polar surface area (TPSA) is 55.3 Å². The maximum atomic E-state index is 12.9. The zero-order valence-corrected chi connectivity index (χ0v) is 15.1. The molecule has 0 spiro atoms. The van der Waals surface area contributed by atoms with Crippen molar-refractivity contribution >= 4 is 17.5 Å². The summed E-state index contributed by atoms with van der Waals surface area (Å²) in [6.07, 6.45) is -3.03. The molecule has 0 saturated carbocycles. The molecule has 2 aromatic heterocycles. The van der Waals surface area contributed by atoms with E-state index >= 15 is 0 Å². The molecule has 28 heavy (non-hydrogen) atoms. The third-order valence-electron chi connectivity index (χ3n) is 4.35. The first-order valence-corrected chi connectivity index (χ1v) is 8.36. The van der Waals surface area contributed by atoms with Crippen molar-refractivity contribution in [3.8, 4) is 5.88 Å². The number of halogens is 6. The summed E-state index contributed by atoms with van der Waals surface area (Å²) in [4.78, 5) is 21.7. The van der Waals surface area contributed by atoms with Gasteiger partial charge in [-0.05, 0) is 18.6 Å². The van der Waals surface area contributed by atoms with Crippen LogP contribution >= 0.6 is 11.6 Å². The lowest BCUT2D eigenvalue weighted by atomic mass is 10.1. The standard InChI is InChI=1S/C17H13ClF5N3O2/c1-9(26-7-12-11(15(26)27)4-5-24-14(12)18)10-2-3-13(25-6-10)28-8-16(19,20)17(21,22)23/h2-6,9H,7-8H2,1H3. The average molecular weight is 422 g/mol. The van der Waals surface area contributed by atoms with Crippen LogP contribution in [0.1, 0.15) is 34.5 Å². The number of hydrogen-bond acceptors (Lipinski definition) is 4. The fraction of sp³-hybridized carbons (Fsp3) is 0.353. The summed E-state index contributed by atoms with van der Waals surface area (Å²) in [5.74, 6) is -5.62. The maximum Gasteiger partial charge on any atom is 0.456 e. The van der Waals surface area contributed by atoms with E-state index in [9.17, 15) is 26.7 Å². The molecule has 0 aromatic carbocycles. The van der Waals surface area contributed by atoms with Gasteiger partial charge in [0, 0.05) is 29.6 Å². The number of hydrogen-bond donors (Lipinski definition) is 0. The summed E-state index contributed by atoms with van der Waals surface area (Å²) >= 11 is 6.02. The summed E-state index contributed by atoms with van der Waals surface area (Å²) in [6, 6.07) is 3.72. The molecule has 0 radical (unpaired) electrons. The van der Waals surface area contributed by atoms with Gasteiger partial charge in [-0.1, -0.05) is 17.7 Å². The van der Waals surface area contributed by atoms with E-state index < -0.39 is 24.7 Å². The van der Waals surface area contributed by atoms with Crippen molar-refractivity contribution in [2.24, 2.45) is 0 Å². The normalized spacial score (nSPS) is 15.5. The van der Waals surface area contributed by atoms with Crippen LogP contribution in [0.5, 0.6) is 5.88 Å². The second-order valence-corrected chi connectivity index (χ2v) is 6.52. The van der Waals surface area contributed by atoms with Crippen LogP contribution in [0.25, 0.3) is 0 Å². The number of ether oxygens (including phenoxy) is 1. The first-order chi connectivity index (χ1) is 13.0. The number of fused-ring (bicyclic) bond motifs is 1. The smallest absolute Gasteiger partial charge is 0.456 e. The van der Waals surface area contributed by atoms with Crippen LogP contribution in [0.3, 0.4) is 0 Å². The molecule has 5 nitrogen and oxygen atoms in total. The van der Waals surface area contributed by atoms with E-state index in [4.69, 9.17) is 11.6 Å². The number of amides is 1. The molecule has 0 aliphatic carbocycles. The van der Waals surface area contributed by atoms with E-state index in [1.54, 1.807) is 13.0 Å².